The van der Waals surface area contributed by atoms with Crippen LogP contribution in [0.25, 0.3) is 17.1 Å². The SMILES string of the molecule is COc1cc(C)c(-c2nccn2-c2cccnc2OC)cc1C. The predicted molar refractivity (Wildman–Crippen MR) is 89.4 cm³/mol. The van der Waals surface area contributed by atoms with Gasteiger partial charge in [0, 0.05) is 24.2 Å². The van der Waals surface area contributed by atoms with E-state index in [1.165, 1.54) is 0 Å². The Balaban J connectivity index is 2.17. The Morgan fingerprint density at radius 3 is 2.52 bits per heavy atom. The van der Waals surface area contributed by atoms with Crippen molar-refractivity contribution < 1.29 is 9.47 Å². The van der Waals surface area contributed by atoms with Crippen LogP contribution in [0.3, 0.4) is 0 Å². The van der Waals surface area contributed by atoms with Crippen LogP contribution in [0.5, 0.6) is 11.6 Å². The molecule has 0 saturated carbocycles. The van der Waals surface area contributed by atoms with Crippen LogP contribution in [-0.2, 0) is 0 Å². The van der Waals surface area contributed by atoms with E-state index in [1.54, 1.807) is 26.6 Å². The Morgan fingerprint density at radius 2 is 1.78 bits per heavy atom. The first-order valence-electron chi connectivity index (χ1n) is 7.34. The summed E-state index contributed by atoms with van der Waals surface area (Å²) in [6.45, 7) is 4.08. The third-order valence-electron chi connectivity index (χ3n) is 3.83. The molecule has 0 N–H and O–H groups in total. The second-order valence-electron chi connectivity index (χ2n) is 5.29. The number of rotatable bonds is 4. The van der Waals surface area contributed by atoms with E-state index >= 15 is 0 Å². The molecule has 0 unspecified atom stereocenters. The quantitative estimate of drug-likeness (QED) is 0.739. The molecule has 0 aliphatic heterocycles. The molecule has 0 atom stereocenters. The molecule has 3 aromatic rings. The summed E-state index contributed by atoms with van der Waals surface area (Å²) < 4.78 is 12.7. The van der Waals surface area contributed by atoms with E-state index in [2.05, 4.69) is 23.0 Å². The summed E-state index contributed by atoms with van der Waals surface area (Å²) in [4.78, 5) is 8.80. The minimum absolute atomic E-state index is 0.564. The lowest BCUT2D eigenvalue weighted by Gasteiger charge is -2.14. The summed E-state index contributed by atoms with van der Waals surface area (Å²) in [6.07, 6.45) is 5.40. The highest BCUT2D eigenvalue weighted by atomic mass is 16.5. The maximum atomic E-state index is 5.39. The first-order chi connectivity index (χ1) is 11.2. The zero-order chi connectivity index (χ0) is 16.4. The molecule has 0 spiro atoms. The topological polar surface area (TPSA) is 49.2 Å². The van der Waals surface area contributed by atoms with E-state index in [0.717, 1.165) is 34.0 Å². The summed E-state index contributed by atoms with van der Waals surface area (Å²) in [5.41, 5.74) is 4.08. The molecule has 5 nitrogen and oxygen atoms in total. The fraction of sp³-hybridized carbons (Fsp3) is 0.222. The Bertz CT molecular complexity index is 840. The molecule has 2 heterocycles. The second kappa shape index (κ2) is 6.12. The predicted octanol–water partition coefficient (Wildman–Crippen LogP) is 3.57. The minimum atomic E-state index is 0.564. The van der Waals surface area contributed by atoms with Crippen molar-refractivity contribution >= 4 is 0 Å². The van der Waals surface area contributed by atoms with Gasteiger partial charge >= 0.3 is 0 Å². The first-order valence-corrected chi connectivity index (χ1v) is 7.34. The highest BCUT2D eigenvalue weighted by Gasteiger charge is 2.15. The number of nitrogens with zero attached hydrogens (tertiary/aromatic N) is 3. The zero-order valence-electron chi connectivity index (χ0n) is 13.7. The first kappa shape index (κ1) is 15.1. The lowest BCUT2D eigenvalue weighted by molar-refractivity contribution is 0.396. The summed E-state index contributed by atoms with van der Waals surface area (Å²) in [5.74, 6) is 2.29. The van der Waals surface area contributed by atoms with Crippen LogP contribution in [0.2, 0.25) is 0 Å². The van der Waals surface area contributed by atoms with Gasteiger partial charge in [-0.3, -0.25) is 4.57 Å². The van der Waals surface area contributed by atoms with Crippen molar-refractivity contribution in [3.63, 3.8) is 0 Å². The number of ether oxygens (including phenoxy) is 2. The van der Waals surface area contributed by atoms with Gasteiger partial charge in [-0.25, -0.2) is 9.97 Å². The fourth-order valence-corrected chi connectivity index (χ4v) is 2.67. The van der Waals surface area contributed by atoms with Gasteiger partial charge in [0.2, 0.25) is 5.88 Å². The number of benzene rings is 1. The van der Waals surface area contributed by atoms with Crippen molar-refractivity contribution in [3.05, 3.63) is 54.0 Å². The minimum Gasteiger partial charge on any atom is -0.496 e. The lowest BCUT2D eigenvalue weighted by Crippen LogP contribution is -2.02. The monoisotopic (exact) mass is 309 g/mol. The number of hydrogen-bond donors (Lipinski definition) is 0. The molecule has 0 bridgehead atoms. The van der Waals surface area contributed by atoms with Crippen LogP contribution in [0.4, 0.5) is 0 Å². The van der Waals surface area contributed by atoms with Crippen molar-refractivity contribution in [1.82, 2.24) is 14.5 Å². The van der Waals surface area contributed by atoms with Crippen LogP contribution in [-0.4, -0.2) is 28.8 Å². The summed E-state index contributed by atoms with van der Waals surface area (Å²) in [6, 6.07) is 7.97. The van der Waals surface area contributed by atoms with Crippen molar-refractivity contribution in [2.24, 2.45) is 0 Å². The van der Waals surface area contributed by atoms with Gasteiger partial charge in [0.15, 0.2) is 0 Å². The van der Waals surface area contributed by atoms with E-state index in [0.29, 0.717) is 5.88 Å². The van der Waals surface area contributed by atoms with Gasteiger partial charge in [-0.15, -0.1) is 0 Å². The third kappa shape index (κ3) is 2.65. The van der Waals surface area contributed by atoms with Gasteiger partial charge in [0.05, 0.1) is 14.2 Å². The van der Waals surface area contributed by atoms with Crippen LogP contribution in [0, 0.1) is 13.8 Å². The Kier molecular flexibility index (Phi) is 4.02. The van der Waals surface area contributed by atoms with Crippen LogP contribution >= 0.6 is 0 Å². The van der Waals surface area contributed by atoms with Gasteiger partial charge in [-0.1, -0.05) is 0 Å². The number of hydrogen-bond acceptors (Lipinski definition) is 4. The average Bonchev–Trinajstić information content (AvgIpc) is 3.05. The fourth-order valence-electron chi connectivity index (χ4n) is 2.67. The molecular formula is C18H19N3O2. The third-order valence-corrected chi connectivity index (χ3v) is 3.83. The van der Waals surface area contributed by atoms with E-state index in [-0.39, 0.29) is 0 Å². The highest BCUT2D eigenvalue weighted by Crippen LogP contribution is 2.31. The standard InChI is InChI=1S/C18H19N3O2/c1-12-11-16(22-3)13(2)10-14(12)17-19-8-9-21(17)15-6-5-7-20-18(15)23-4/h5-11H,1-4H3. The molecule has 0 aliphatic rings. The van der Waals surface area contributed by atoms with Gasteiger partial charge in [-0.2, -0.15) is 0 Å². The lowest BCUT2D eigenvalue weighted by atomic mass is 10.0. The zero-order valence-corrected chi connectivity index (χ0v) is 13.7. The Labute approximate surface area is 135 Å². The maximum Gasteiger partial charge on any atom is 0.238 e. The molecule has 0 aliphatic carbocycles. The van der Waals surface area contributed by atoms with Crippen molar-refractivity contribution in [2.75, 3.05) is 14.2 Å². The molecule has 23 heavy (non-hydrogen) atoms. The van der Waals surface area contributed by atoms with Gasteiger partial charge < -0.3 is 9.47 Å². The Morgan fingerprint density at radius 1 is 0.957 bits per heavy atom. The van der Waals surface area contributed by atoms with Gasteiger partial charge in [-0.05, 0) is 49.2 Å². The van der Waals surface area contributed by atoms with E-state index in [1.807, 2.05) is 35.9 Å². The van der Waals surface area contributed by atoms with Crippen molar-refractivity contribution in [2.45, 2.75) is 13.8 Å². The molecule has 2 aromatic heterocycles. The highest BCUT2D eigenvalue weighted by molar-refractivity contribution is 5.66. The van der Waals surface area contributed by atoms with E-state index < -0.39 is 0 Å². The largest absolute Gasteiger partial charge is 0.496 e. The number of imidazole rings is 1. The van der Waals surface area contributed by atoms with Gasteiger partial charge in [0.25, 0.3) is 0 Å². The van der Waals surface area contributed by atoms with Crippen LogP contribution in [0.1, 0.15) is 11.1 Å². The van der Waals surface area contributed by atoms with Crippen molar-refractivity contribution in [1.29, 1.82) is 0 Å². The molecule has 0 radical (unpaired) electrons. The average molecular weight is 309 g/mol. The number of aromatic nitrogens is 3. The summed E-state index contributed by atoms with van der Waals surface area (Å²) in [5, 5.41) is 0. The van der Waals surface area contributed by atoms with E-state index in [9.17, 15) is 0 Å². The molecule has 1 aromatic carbocycles. The van der Waals surface area contributed by atoms with Crippen LogP contribution in [0.15, 0.2) is 42.9 Å². The van der Waals surface area contributed by atoms with Crippen LogP contribution < -0.4 is 9.47 Å². The number of aryl methyl sites for hydroxylation is 2. The normalized spacial score (nSPS) is 10.6. The molecule has 0 saturated heterocycles. The molecule has 0 amide bonds. The molecule has 118 valence electrons. The maximum absolute atomic E-state index is 5.39. The molecular weight excluding hydrogens is 290 g/mol. The number of pyridine rings is 1. The summed E-state index contributed by atoms with van der Waals surface area (Å²) >= 11 is 0. The Hall–Kier alpha value is -2.82. The van der Waals surface area contributed by atoms with Gasteiger partial charge in [0.1, 0.15) is 17.3 Å². The summed E-state index contributed by atoms with van der Waals surface area (Å²) in [7, 11) is 3.30. The molecule has 0 fully saturated rings. The molecule has 5 heteroatoms. The molecule has 3 rings (SSSR count). The van der Waals surface area contributed by atoms with E-state index in [4.69, 9.17) is 9.47 Å². The number of methoxy groups -OCH3 is 2. The second-order valence-corrected chi connectivity index (χ2v) is 5.29. The van der Waals surface area contributed by atoms with Crippen molar-refractivity contribution in [3.8, 4) is 28.7 Å². The smallest absolute Gasteiger partial charge is 0.238 e.